The van der Waals surface area contributed by atoms with Crippen LogP contribution in [0.5, 0.6) is 0 Å². The van der Waals surface area contributed by atoms with Crippen molar-refractivity contribution in [1.82, 2.24) is 29.4 Å². The minimum Gasteiger partial charge on any atom is -0.323 e. The first kappa shape index (κ1) is 13.4. The number of rotatable bonds is 3. The first-order valence-corrected chi connectivity index (χ1v) is 7.23. The van der Waals surface area contributed by atoms with E-state index in [9.17, 15) is 0 Å². The molecule has 0 aromatic carbocycles. The number of aryl methyl sites for hydroxylation is 2. The van der Waals surface area contributed by atoms with Crippen LogP contribution < -0.4 is 5.32 Å². The molecule has 114 valence electrons. The Morgan fingerprint density at radius 3 is 2.87 bits per heavy atom. The summed E-state index contributed by atoms with van der Waals surface area (Å²) in [6.45, 7) is 1.95. The lowest BCUT2D eigenvalue weighted by Crippen LogP contribution is -1.96. The summed E-state index contributed by atoms with van der Waals surface area (Å²) in [5, 5.41) is 12.0. The van der Waals surface area contributed by atoms with Gasteiger partial charge in [0.1, 0.15) is 0 Å². The maximum Gasteiger partial charge on any atom is 0.247 e. The molecular weight excluding hydrogens is 290 g/mol. The fourth-order valence-electron chi connectivity index (χ4n) is 2.48. The van der Waals surface area contributed by atoms with Crippen molar-refractivity contribution in [3.05, 3.63) is 54.6 Å². The number of nitrogens with zero attached hydrogens (tertiary/aromatic N) is 6. The predicted molar refractivity (Wildman–Crippen MR) is 87.4 cm³/mol. The van der Waals surface area contributed by atoms with E-state index in [4.69, 9.17) is 0 Å². The second-order valence-corrected chi connectivity index (χ2v) is 5.33. The molecule has 7 heteroatoms. The molecule has 4 aromatic rings. The van der Waals surface area contributed by atoms with E-state index >= 15 is 0 Å². The van der Waals surface area contributed by atoms with Gasteiger partial charge in [0.2, 0.25) is 5.95 Å². The molecular formula is C16H15N7. The molecule has 4 aromatic heterocycles. The van der Waals surface area contributed by atoms with Crippen LogP contribution in [0.4, 0.5) is 11.6 Å². The highest BCUT2D eigenvalue weighted by atomic mass is 15.4. The monoisotopic (exact) mass is 305 g/mol. The van der Waals surface area contributed by atoms with Gasteiger partial charge in [0.25, 0.3) is 0 Å². The van der Waals surface area contributed by atoms with Crippen LogP contribution in [0.25, 0.3) is 16.9 Å². The molecule has 0 amide bonds. The largest absolute Gasteiger partial charge is 0.323 e. The zero-order valence-corrected chi connectivity index (χ0v) is 12.8. The fraction of sp³-hybridized carbons (Fsp3) is 0.125. The first-order chi connectivity index (χ1) is 11.2. The Kier molecular flexibility index (Phi) is 3.04. The summed E-state index contributed by atoms with van der Waals surface area (Å²) in [6, 6.07) is 9.73. The summed E-state index contributed by atoms with van der Waals surface area (Å²) in [6.07, 6.45) is 5.53. The van der Waals surface area contributed by atoms with E-state index in [2.05, 4.69) is 25.5 Å². The van der Waals surface area contributed by atoms with E-state index in [0.29, 0.717) is 5.95 Å². The Balaban J connectivity index is 1.76. The molecule has 23 heavy (non-hydrogen) atoms. The molecule has 0 fully saturated rings. The third-order valence-corrected chi connectivity index (χ3v) is 3.51. The molecule has 0 bridgehead atoms. The SMILES string of the molecule is Cc1cc(Nc2nc3cccc(-c4cnn(C)c4)n3n2)ccn1. The Labute approximate surface area is 132 Å². The highest BCUT2D eigenvalue weighted by Crippen LogP contribution is 2.21. The maximum atomic E-state index is 4.56. The van der Waals surface area contributed by atoms with Gasteiger partial charge in [-0.2, -0.15) is 10.1 Å². The van der Waals surface area contributed by atoms with Gasteiger partial charge in [-0.05, 0) is 31.2 Å². The standard InChI is InChI=1S/C16H15N7/c1-11-8-13(6-7-17-11)19-16-20-15-5-3-4-14(23(15)21-16)12-9-18-22(2)10-12/h3-10H,1-2H3,(H,17,19,21). The lowest BCUT2D eigenvalue weighted by molar-refractivity contribution is 0.768. The number of anilines is 2. The van der Waals surface area contributed by atoms with Crippen molar-refractivity contribution >= 4 is 17.3 Å². The molecule has 0 atom stereocenters. The number of nitrogens with one attached hydrogen (secondary N) is 1. The third kappa shape index (κ3) is 2.52. The Bertz CT molecular complexity index is 983. The van der Waals surface area contributed by atoms with Crippen molar-refractivity contribution in [3.8, 4) is 11.3 Å². The smallest absolute Gasteiger partial charge is 0.247 e. The molecule has 0 aliphatic carbocycles. The van der Waals surface area contributed by atoms with Crippen molar-refractivity contribution in [2.24, 2.45) is 7.05 Å². The number of hydrogen-bond acceptors (Lipinski definition) is 5. The summed E-state index contributed by atoms with van der Waals surface area (Å²) < 4.78 is 3.58. The quantitative estimate of drug-likeness (QED) is 0.630. The van der Waals surface area contributed by atoms with E-state index in [-0.39, 0.29) is 0 Å². The van der Waals surface area contributed by atoms with Gasteiger partial charge < -0.3 is 5.32 Å². The molecule has 0 aliphatic rings. The molecule has 0 unspecified atom stereocenters. The first-order valence-electron chi connectivity index (χ1n) is 7.23. The van der Waals surface area contributed by atoms with E-state index < -0.39 is 0 Å². The average molecular weight is 305 g/mol. The van der Waals surface area contributed by atoms with Crippen LogP contribution in [-0.4, -0.2) is 29.4 Å². The molecule has 0 radical (unpaired) electrons. The molecule has 1 N–H and O–H groups in total. The number of aromatic nitrogens is 6. The normalized spacial score (nSPS) is 11.0. The second-order valence-electron chi connectivity index (χ2n) is 5.33. The predicted octanol–water partition coefficient (Wildman–Crippen LogP) is 2.58. The summed E-state index contributed by atoms with van der Waals surface area (Å²) in [5.74, 6) is 0.548. The van der Waals surface area contributed by atoms with Gasteiger partial charge in [-0.15, -0.1) is 5.10 Å². The molecule has 4 rings (SSSR count). The van der Waals surface area contributed by atoms with Crippen LogP contribution >= 0.6 is 0 Å². The van der Waals surface area contributed by atoms with Gasteiger partial charge in [-0.25, -0.2) is 4.52 Å². The van der Waals surface area contributed by atoms with Gasteiger partial charge in [0.05, 0.1) is 11.9 Å². The van der Waals surface area contributed by atoms with Crippen LogP contribution in [0, 0.1) is 6.92 Å². The Hall–Kier alpha value is -3.22. The summed E-state index contributed by atoms with van der Waals surface area (Å²) in [7, 11) is 1.89. The van der Waals surface area contributed by atoms with Gasteiger partial charge in [-0.3, -0.25) is 9.67 Å². The molecule has 0 saturated carbocycles. The van der Waals surface area contributed by atoms with Gasteiger partial charge in [0.15, 0.2) is 5.65 Å². The summed E-state index contributed by atoms with van der Waals surface area (Å²) >= 11 is 0. The van der Waals surface area contributed by atoms with E-state index in [1.165, 1.54) is 0 Å². The molecule has 4 heterocycles. The lowest BCUT2D eigenvalue weighted by Gasteiger charge is -2.01. The highest BCUT2D eigenvalue weighted by Gasteiger charge is 2.10. The average Bonchev–Trinajstić information content (AvgIpc) is 3.12. The van der Waals surface area contributed by atoms with Crippen molar-refractivity contribution < 1.29 is 0 Å². The second kappa shape index (κ2) is 5.20. The van der Waals surface area contributed by atoms with E-state index in [1.54, 1.807) is 10.9 Å². The topological polar surface area (TPSA) is 72.9 Å². The van der Waals surface area contributed by atoms with Crippen molar-refractivity contribution in [2.75, 3.05) is 5.32 Å². The molecule has 7 nitrogen and oxygen atoms in total. The zero-order chi connectivity index (χ0) is 15.8. The minimum absolute atomic E-state index is 0.548. The third-order valence-electron chi connectivity index (χ3n) is 3.51. The molecule has 0 aliphatic heterocycles. The Morgan fingerprint density at radius 1 is 1.17 bits per heavy atom. The fourth-order valence-corrected chi connectivity index (χ4v) is 2.48. The molecule has 0 spiro atoms. The maximum absolute atomic E-state index is 4.56. The molecule has 0 saturated heterocycles. The van der Waals surface area contributed by atoms with Crippen LogP contribution in [-0.2, 0) is 7.05 Å². The van der Waals surface area contributed by atoms with E-state index in [0.717, 1.165) is 28.3 Å². The van der Waals surface area contributed by atoms with Crippen molar-refractivity contribution in [1.29, 1.82) is 0 Å². The van der Waals surface area contributed by atoms with Gasteiger partial charge in [0, 0.05) is 36.4 Å². The van der Waals surface area contributed by atoms with Crippen LogP contribution in [0.3, 0.4) is 0 Å². The van der Waals surface area contributed by atoms with Gasteiger partial charge in [-0.1, -0.05) is 6.07 Å². The van der Waals surface area contributed by atoms with Crippen molar-refractivity contribution in [3.63, 3.8) is 0 Å². The summed E-state index contributed by atoms with van der Waals surface area (Å²) in [4.78, 5) is 8.71. The Morgan fingerprint density at radius 2 is 2.09 bits per heavy atom. The number of fused-ring (bicyclic) bond motifs is 1. The highest BCUT2D eigenvalue weighted by molar-refractivity contribution is 5.63. The van der Waals surface area contributed by atoms with Crippen LogP contribution in [0.2, 0.25) is 0 Å². The van der Waals surface area contributed by atoms with Crippen LogP contribution in [0.1, 0.15) is 5.69 Å². The lowest BCUT2D eigenvalue weighted by atomic mass is 10.2. The van der Waals surface area contributed by atoms with Crippen LogP contribution in [0.15, 0.2) is 48.9 Å². The summed E-state index contributed by atoms with van der Waals surface area (Å²) in [5.41, 5.74) is 4.57. The van der Waals surface area contributed by atoms with Gasteiger partial charge >= 0.3 is 0 Å². The number of hydrogen-bond donors (Lipinski definition) is 1. The zero-order valence-electron chi connectivity index (χ0n) is 12.8. The minimum atomic E-state index is 0.548. The van der Waals surface area contributed by atoms with Crippen molar-refractivity contribution in [2.45, 2.75) is 6.92 Å². The van der Waals surface area contributed by atoms with E-state index in [1.807, 2.05) is 61.2 Å². The number of pyridine rings is 2.